The number of nitrogens with zero attached hydrogens (tertiary/aromatic N) is 1. The van der Waals surface area contributed by atoms with Crippen LogP contribution < -0.4 is 10.5 Å². The Hall–Kier alpha value is -1.78. The highest BCUT2D eigenvalue weighted by atomic mass is 16.5. The summed E-state index contributed by atoms with van der Waals surface area (Å²) in [5.74, 6) is -0.632. The van der Waals surface area contributed by atoms with E-state index in [1.807, 2.05) is 0 Å². The number of carboxylic acids is 1. The number of hydrogen-bond donors (Lipinski definition) is 2. The second kappa shape index (κ2) is 3.17. The van der Waals surface area contributed by atoms with E-state index in [1.54, 1.807) is 6.07 Å². The molecule has 3 N–H and O–H groups in total. The quantitative estimate of drug-likeness (QED) is 0.746. The van der Waals surface area contributed by atoms with E-state index in [-0.39, 0.29) is 17.6 Å². The number of aromatic nitrogens is 1. The number of aromatic carboxylic acids is 1. The number of nitrogens with two attached hydrogens (primary N) is 1. The molecule has 5 heteroatoms. The molecular formula is C9H10N2O3. The predicted molar refractivity (Wildman–Crippen MR) is 49.3 cm³/mol. The molecule has 0 bridgehead atoms. The zero-order chi connectivity index (χ0) is 10.1. The number of rotatable bonds is 3. The van der Waals surface area contributed by atoms with Crippen LogP contribution in [-0.2, 0) is 0 Å². The average Bonchev–Trinajstić information content (AvgIpc) is 2.91. The van der Waals surface area contributed by atoms with Crippen molar-refractivity contribution in [1.82, 2.24) is 4.98 Å². The van der Waals surface area contributed by atoms with Crippen LogP contribution in [0.2, 0.25) is 0 Å². The number of ether oxygens (including phenoxy) is 1. The van der Waals surface area contributed by atoms with Gasteiger partial charge in [-0.25, -0.2) is 9.78 Å². The van der Waals surface area contributed by atoms with Crippen LogP contribution in [0.3, 0.4) is 0 Å². The average molecular weight is 194 g/mol. The van der Waals surface area contributed by atoms with Gasteiger partial charge in [0.2, 0.25) is 0 Å². The van der Waals surface area contributed by atoms with Crippen LogP contribution in [-0.4, -0.2) is 22.2 Å². The van der Waals surface area contributed by atoms with Crippen LogP contribution >= 0.6 is 0 Å². The van der Waals surface area contributed by atoms with E-state index in [1.165, 1.54) is 6.07 Å². The third kappa shape index (κ3) is 1.76. The molecule has 0 atom stereocenters. The van der Waals surface area contributed by atoms with E-state index in [0.717, 1.165) is 12.8 Å². The molecule has 74 valence electrons. The summed E-state index contributed by atoms with van der Waals surface area (Å²) in [6, 6.07) is 3.08. The van der Waals surface area contributed by atoms with E-state index in [0.29, 0.717) is 5.75 Å². The smallest absolute Gasteiger partial charge is 0.358 e. The summed E-state index contributed by atoms with van der Waals surface area (Å²) in [6.45, 7) is 0. The maximum Gasteiger partial charge on any atom is 0.358 e. The van der Waals surface area contributed by atoms with E-state index in [2.05, 4.69) is 4.98 Å². The third-order valence-electron chi connectivity index (χ3n) is 1.90. The Kier molecular flexibility index (Phi) is 1.99. The van der Waals surface area contributed by atoms with Gasteiger partial charge in [0.15, 0.2) is 11.4 Å². The molecule has 0 spiro atoms. The van der Waals surface area contributed by atoms with Gasteiger partial charge in [0, 0.05) is 0 Å². The summed E-state index contributed by atoms with van der Waals surface area (Å²) in [5.41, 5.74) is 5.27. The Morgan fingerprint density at radius 2 is 2.29 bits per heavy atom. The van der Waals surface area contributed by atoms with Crippen molar-refractivity contribution in [1.29, 1.82) is 0 Å². The van der Waals surface area contributed by atoms with Gasteiger partial charge in [0.1, 0.15) is 5.82 Å². The highest BCUT2D eigenvalue weighted by Gasteiger charge is 2.26. The molecule has 1 aliphatic carbocycles. The third-order valence-corrected chi connectivity index (χ3v) is 1.90. The molecule has 1 aliphatic rings. The Balaban J connectivity index is 2.31. The number of nitrogen functional groups attached to an aromatic ring is 1. The lowest BCUT2D eigenvalue weighted by molar-refractivity contribution is 0.0685. The Morgan fingerprint density at radius 3 is 2.86 bits per heavy atom. The first-order valence-electron chi connectivity index (χ1n) is 4.33. The molecule has 5 nitrogen and oxygen atoms in total. The minimum atomic E-state index is -1.12. The first kappa shape index (κ1) is 8.80. The topological polar surface area (TPSA) is 85.4 Å². The monoisotopic (exact) mass is 194 g/mol. The summed E-state index contributed by atoms with van der Waals surface area (Å²) in [6.07, 6.45) is 2.10. The van der Waals surface area contributed by atoms with Crippen LogP contribution in [0.25, 0.3) is 0 Å². The Morgan fingerprint density at radius 1 is 1.57 bits per heavy atom. The highest BCUT2D eigenvalue weighted by molar-refractivity contribution is 5.89. The van der Waals surface area contributed by atoms with E-state index in [4.69, 9.17) is 15.6 Å². The molecular weight excluding hydrogens is 184 g/mol. The van der Waals surface area contributed by atoms with Gasteiger partial charge in [-0.05, 0) is 25.0 Å². The molecule has 0 unspecified atom stereocenters. The maximum atomic E-state index is 10.8. The van der Waals surface area contributed by atoms with Crippen molar-refractivity contribution in [2.75, 3.05) is 5.73 Å². The fraction of sp³-hybridized carbons (Fsp3) is 0.333. The molecule has 1 aromatic rings. The molecule has 0 radical (unpaired) electrons. The van der Waals surface area contributed by atoms with E-state index in [9.17, 15) is 4.79 Å². The number of carbonyl (C=O) groups is 1. The van der Waals surface area contributed by atoms with E-state index >= 15 is 0 Å². The lowest BCUT2D eigenvalue weighted by Gasteiger charge is -2.07. The zero-order valence-electron chi connectivity index (χ0n) is 7.43. The van der Waals surface area contributed by atoms with Gasteiger partial charge in [-0.15, -0.1) is 0 Å². The van der Waals surface area contributed by atoms with Crippen molar-refractivity contribution in [2.24, 2.45) is 0 Å². The van der Waals surface area contributed by atoms with Gasteiger partial charge in [-0.3, -0.25) is 0 Å². The van der Waals surface area contributed by atoms with Crippen LogP contribution in [0, 0.1) is 0 Å². The minimum absolute atomic E-state index is 0.114. The number of pyridine rings is 1. The fourth-order valence-electron chi connectivity index (χ4n) is 1.08. The largest absolute Gasteiger partial charge is 0.488 e. The molecule has 1 aromatic heterocycles. The highest BCUT2D eigenvalue weighted by Crippen LogP contribution is 2.28. The number of hydrogen-bond acceptors (Lipinski definition) is 4. The summed E-state index contributed by atoms with van der Waals surface area (Å²) in [4.78, 5) is 14.5. The van der Waals surface area contributed by atoms with Gasteiger partial charge in [-0.1, -0.05) is 0 Å². The van der Waals surface area contributed by atoms with Crippen LogP contribution in [0.15, 0.2) is 12.1 Å². The van der Waals surface area contributed by atoms with E-state index < -0.39 is 5.97 Å². The first-order chi connectivity index (χ1) is 6.66. The van der Waals surface area contributed by atoms with Crippen molar-refractivity contribution in [3.8, 4) is 5.75 Å². The second-order valence-corrected chi connectivity index (χ2v) is 3.21. The fourth-order valence-corrected chi connectivity index (χ4v) is 1.08. The molecule has 2 rings (SSSR count). The van der Waals surface area contributed by atoms with Crippen molar-refractivity contribution >= 4 is 11.8 Å². The van der Waals surface area contributed by atoms with Crippen molar-refractivity contribution in [2.45, 2.75) is 18.9 Å². The molecule has 0 aromatic carbocycles. The Bertz CT molecular complexity index is 374. The second-order valence-electron chi connectivity index (χ2n) is 3.21. The molecule has 0 saturated heterocycles. The minimum Gasteiger partial charge on any atom is -0.488 e. The van der Waals surface area contributed by atoms with Gasteiger partial charge in [0.05, 0.1) is 6.10 Å². The normalized spacial score (nSPS) is 15.1. The molecule has 1 saturated carbocycles. The molecule has 0 aliphatic heterocycles. The zero-order valence-corrected chi connectivity index (χ0v) is 7.43. The summed E-state index contributed by atoms with van der Waals surface area (Å²) in [5, 5.41) is 8.83. The first-order valence-corrected chi connectivity index (χ1v) is 4.33. The van der Waals surface area contributed by atoms with Gasteiger partial charge >= 0.3 is 5.97 Å². The van der Waals surface area contributed by atoms with Gasteiger partial charge < -0.3 is 15.6 Å². The van der Waals surface area contributed by atoms with Crippen molar-refractivity contribution < 1.29 is 14.6 Å². The van der Waals surface area contributed by atoms with Gasteiger partial charge in [-0.2, -0.15) is 0 Å². The molecule has 1 heterocycles. The predicted octanol–water partition coefficient (Wildman–Crippen LogP) is 0.903. The maximum absolute atomic E-state index is 10.8. The van der Waals surface area contributed by atoms with Crippen LogP contribution in [0.1, 0.15) is 23.3 Å². The lowest BCUT2D eigenvalue weighted by Crippen LogP contribution is -2.08. The summed E-state index contributed by atoms with van der Waals surface area (Å²) < 4.78 is 5.37. The SMILES string of the molecule is Nc1ccc(OC2CC2)c(C(=O)O)n1. The lowest BCUT2D eigenvalue weighted by atomic mass is 10.3. The number of anilines is 1. The van der Waals surface area contributed by atoms with Gasteiger partial charge in [0.25, 0.3) is 0 Å². The summed E-state index contributed by atoms with van der Waals surface area (Å²) >= 11 is 0. The number of carboxylic acid groups (broad SMARTS) is 1. The van der Waals surface area contributed by atoms with Crippen LogP contribution in [0.5, 0.6) is 5.75 Å². The van der Waals surface area contributed by atoms with Crippen LogP contribution in [0.4, 0.5) is 5.82 Å². The van der Waals surface area contributed by atoms with Crippen molar-refractivity contribution in [3.63, 3.8) is 0 Å². The Labute approximate surface area is 80.5 Å². The molecule has 1 fully saturated rings. The standard InChI is InChI=1S/C9H10N2O3/c10-7-4-3-6(14-5-1-2-5)8(11-7)9(12)13/h3-5H,1-2H2,(H2,10,11)(H,12,13). The molecule has 14 heavy (non-hydrogen) atoms. The molecule has 0 amide bonds. The van der Waals surface area contributed by atoms with Crippen molar-refractivity contribution in [3.05, 3.63) is 17.8 Å². The summed E-state index contributed by atoms with van der Waals surface area (Å²) in [7, 11) is 0.